The van der Waals surface area contributed by atoms with Crippen LogP contribution in [0, 0.1) is 0 Å². The number of nitrogens with two attached hydrogens (primary N) is 2. The highest BCUT2D eigenvalue weighted by molar-refractivity contribution is 8.22. The van der Waals surface area contributed by atoms with Crippen molar-refractivity contribution in [1.29, 1.82) is 0 Å². The van der Waals surface area contributed by atoms with E-state index in [0.29, 0.717) is 5.69 Å². The van der Waals surface area contributed by atoms with Crippen LogP contribution in [0.3, 0.4) is 0 Å². The molecule has 0 fully saturated rings. The van der Waals surface area contributed by atoms with E-state index in [9.17, 15) is 9.11 Å². The van der Waals surface area contributed by atoms with E-state index in [1.54, 1.807) is 0 Å². The van der Waals surface area contributed by atoms with Crippen molar-refractivity contribution in [3.05, 3.63) is 11.9 Å². The van der Waals surface area contributed by atoms with E-state index < -0.39 is 10.8 Å². The number of rotatable bonds is 2. The predicted molar refractivity (Wildman–Crippen MR) is 74.5 cm³/mol. The minimum atomic E-state index is -2.99. The Morgan fingerprint density at radius 2 is 1.71 bits per heavy atom. The molecule has 0 radical (unpaired) electrons. The molecule has 1 aromatic heterocycles. The second-order valence-corrected chi connectivity index (χ2v) is 4.32. The van der Waals surface area contributed by atoms with Crippen LogP contribution in [0.4, 0.5) is 5.82 Å². The zero-order chi connectivity index (χ0) is 14.1. The molecule has 0 saturated carbocycles. The van der Waals surface area contributed by atoms with Crippen LogP contribution in [0.5, 0.6) is 0 Å². The molecule has 1 rings (SSSR count). The minimum Gasteiger partial charge on any atom is -0.405 e. The quantitative estimate of drug-likeness (QED) is 0.648. The van der Waals surface area contributed by atoms with Gasteiger partial charge in [0, 0.05) is 6.26 Å². The third kappa shape index (κ3) is 5.57. The number of hydrogen-bond donors (Lipinski definition) is 4. The molecule has 0 amide bonds. The van der Waals surface area contributed by atoms with Gasteiger partial charge in [-0.2, -0.15) is 0 Å². The summed E-state index contributed by atoms with van der Waals surface area (Å²) in [5.41, 5.74) is 10.9. The highest BCUT2D eigenvalue weighted by Gasteiger charge is 2.15. The number of nitrogen functional groups attached to an aromatic ring is 1. The molecular weight excluding hydrogens is 242 g/mol. The molecule has 0 aromatic carbocycles. The Balaban J connectivity index is 0. The van der Waals surface area contributed by atoms with Gasteiger partial charge in [-0.05, 0) is 17.5 Å². The fraction of sp³-hybridized carbons (Fsp3) is 0.556. The summed E-state index contributed by atoms with van der Waals surface area (Å²) in [5, 5.41) is 7.07. The molecule has 0 aliphatic carbocycles. The van der Waals surface area contributed by atoms with E-state index >= 15 is 0 Å². The van der Waals surface area contributed by atoms with Gasteiger partial charge in [-0.1, -0.05) is 38.5 Å². The number of aromatic nitrogens is 3. The number of anilines is 1. The Bertz CT molecular complexity index is 333. The highest BCUT2D eigenvalue weighted by Crippen LogP contribution is 2.37. The van der Waals surface area contributed by atoms with Crippen LogP contribution in [0.15, 0.2) is 6.20 Å². The Kier molecular flexibility index (Phi) is 9.44. The smallest absolute Gasteiger partial charge is 0.172 e. The van der Waals surface area contributed by atoms with Crippen molar-refractivity contribution in [3.63, 3.8) is 0 Å². The average molecular weight is 265 g/mol. The van der Waals surface area contributed by atoms with Gasteiger partial charge in [-0.3, -0.25) is 9.11 Å². The second-order valence-electron chi connectivity index (χ2n) is 2.38. The minimum absolute atomic E-state index is 0.0733. The summed E-state index contributed by atoms with van der Waals surface area (Å²) in [4.78, 5) is 0. The fourth-order valence-corrected chi connectivity index (χ4v) is 1.39. The van der Waals surface area contributed by atoms with Crippen LogP contribution in [0.1, 0.15) is 33.4 Å². The maximum Gasteiger partial charge on any atom is 0.172 e. The number of nitrogens with zero attached hydrogens (tertiary/aromatic N) is 3. The first-order valence-corrected chi connectivity index (χ1v) is 7.21. The molecule has 0 atom stereocenters. The summed E-state index contributed by atoms with van der Waals surface area (Å²) < 4.78 is 19.3. The standard InChI is InChI=1S/C5H11N5O2S.2C2H6/c1-13(11,12)10-5(7)4(2-3-6)8-9-10;2*1-2/h2-3,11-12H,6-7H2,1H3;2*1-2H3/b3-2-;;. The lowest BCUT2D eigenvalue weighted by molar-refractivity contribution is 0.475. The molecule has 17 heavy (non-hydrogen) atoms. The van der Waals surface area contributed by atoms with Gasteiger partial charge < -0.3 is 11.5 Å². The van der Waals surface area contributed by atoms with Gasteiger partial charge in [-0.15, -0.1) is 9.19 Å². The third-order valence-corrected chi connectivity index (χ3v) is 2.21. The zero-order valence-electron chi connectivity index (χ0n) is 11.0. The van der Waals surface area contributed by atoms with Crippen molar-refractivity contribution in [2.45, 2.75) is 27.7 Å². The Labute approximate surface area is 104 Å². The van der Waals surface area contributed by atoms with Gasteiger partial charge in [0.25, 0.3) is 0 Å². The van der Waals surface area contributed by atoms with Crippen molar-refractivity contribution in [2.24, 2.45) is 5.73 Å². The van der Waals surface area contributed by atoms with Gasteiger partial charge in [-0.25, -0.2) is 0 Å². The molecule has 1 aromatic rings. The maximum atomic E-state index is 9.22. The topological polar surface area (TPSA) is 123 Å². The van der Waals surface area contributed by atoms with Gasteiger partial charge in [0.2, 0.25) is 0 Å². The largest absolute Gasteiger partial charge is 0.405 e. The third-order valence-electron chi connectivity index (χ3n) is 1.28. The molecule has 7 nitrogen and oxygen atoms in total. The zero-order valence-corrected chi connectivity index (χ0v) is 11.8. The SMILES string of the molecule is CC.CC.CS(O)(O)n1nnc(/C=C\N)c1N. The van der Waals surface area contributed by atoms with E-state index in [-0.39, 0.29) is 5.82 Å². The summed E-state index contributed by atoms with van der Waals surface area (Å²) >= 11 is 0. The van der Waals surface area contributed by atoms with Crippen molar-refractivity contribution in [3.8, 4) is 0 Å². The Hall–Kier alpha value is -1.25. The molecule has 1 heterocycles. The molecule has 0 unspecified atom stereocenters. The van der Waals surface area contributed by atoms with Crippen LogP contribution >= 0.6 is 10.8 Å². The molecule has 0 aliphatic rings. The molecular formula is C9H23N5O2S. The van der Waals surface area contributed by atoms with Gasteiger partial charge >= 0.3 is 0 Å². The van der Waals surface area contributed by atoms with E-state index in [4.69, 9.17) is 11.5 Å². The lowest BCUT2D eigenvalue weighted by atomic mass is 10.4. The van der Waals surface area contributed by atoms with E-state index in [0.717, 1.165) is 4.09 Å². The van der Waals surface area contributed by atoms with E-state index in [2.05, 4.69) is 10.3 Å². The van der Waals surface area contributed by atoms with Crippen LogP contribution in [-0.4, -0.2) is 29.8 Å². The first kappa shape index (κ1) is 18.1. The summed E-state index contributed by atoms with van der Waals surface area (Å²) in [6, 6.07) is 0. The average Bonchev–Trinajstić information content (AvgIpc) is 2.66. The second kappa shape index (κ2) is 8.85. The molecule has 8 heteroatoms. The van der Waals surface area contributed by atoms with Gasteiger partial charge in [0.1, 0.15) is 5.69 Å². The normalized spacial score (nSPS) is 11.2. The maximum absolute atomic E-state index is 9.22. The molecule has 6 N–H and O–H groups in total. The summed E-state index contributed by atoms with van der Waals surface area (Å²) in [6.45, 7) is 8.00. The molecule has 102 valence electrons. The van der Waals surface area contributed by atoms with Crippen LogP contribution in [0.25, 0.3) is 6.08 Å². The highest BCUT2D eigenvalue weighted by atomic mass is 32.3. The van der Waals surface area contributed by atoms with Gasteiger partial charge in [0.15, 0.2) is 5.82 Å². The van der Waals surface area contributed by atoms with E-state index in [1.807, 2.05) is 27.7 Å². The Morgan fingerprint density at radius 3 is 2.00 bits per heavy atom. The van der Waals surface area contributed by atoms with Crippen molar-refractivity contribution in [1.82, 2.24) is 14.4 Å². The van der Waals surface area contributed by atoms with Crippen molar-refractivity contribution in [2.75, 3.05) is 12.0 Å². The monoisotopic (exact) mass is 265 g/mol. The predicted octanol–water partition coefficient (Wildman–Crippen LogP) is 1.99. The lowest BCUT2D eigenvalue weighted by Gasteiger charge is -2.26. The van der Waals surface area contributed by atoms with E-state index in [1.165, 1.54) is 18.5 Å². The molecule has 0 aliphatic heterocycles. The first-order chi connectivity index (χ1) is 7.96. The lowest BCUT2D eigenvalue weighted by Crippen LogP contribution is -2.11. The van der Waals surface area contributed by atoms with Crippen LogP contribution in [0.2, 0.25) is 0 Å². The first-order valence-electron chi connectivity index (χ1n) is 5.30. The van der Waals surface area contributed by atoms with Crippen LogP contribution < -0.4 is 11.5 Å². The molecule has 0 spiro atoms. The van der Waals surface area contributed by atoms with Crippen molar-refractivity contribution < 1.29 is 9.11 Å². The number of hydrogen-bond acceptors (Lipinski definition) is 6. The molecule has 0 bridgehead atoms. The fourth-order valence-electron chi connectivity index (χ4n) is 0.752. The summed E-state index contributed by atoms with van der Waals surface area (Å²) in [5.74, 6) is 0.0733. The van der Waals surface area contributed by atoms with Crippen LogP contribution in [-0.2, 0) is 0 Å². The summed E-state index contributed by atoms with van der Waals surface area (Å²) in [6.07, 6.45) is 3.87. The summed E-state index contributed by atoms with van der Waals surface area (Å²) in [7, 11) is -2.99. The van der Waals surface area contributed by atoms with Gasteiger partial charge in [0.05, 0.1) is 0 Å². The molecule has 0 saturated heterocycles. The van der Waals surface area contributed by atoms with Crippen molar-refractivity contribution >= 4 is 22.7 Å². The Morgan fingerprint density at radius 1 is 1.24 bits per heavy atom.